The molecular weight excluding hydrogens is 366 g/mol. The molecular formula is C21H37N7O. The molecule has 2 saturated heterocycles. The quantitative estimate of drug-likeness (QED) is 0.741. The second-order valence-corrected chi connectivity index (χ2v) is 9.35. The Morgan fingerprint density at radius 3 is 2.21 bits per heavy atom. The predicted octanol–water partition coefficient (Wildman–Crippen LogP) is 1.69. The molecule has 3 heterocycles. The number of piperidine rings is 1. The third-order valence-corrected chi connectivity index (χ3v) is 5.78. The molecule has 2 aliphatic rings. The fourth-order valence-corrected chi connectivity index (χ4v) is 4.23. The van der Waals surface area contributed by atoms with E-state index in [4.69, 9.17) is 4.98 Å². The molecule has 2 fully saturated rings. The maximum atomic E-state index is 12.8. The lowest BCUT2D eigenvalue weighted by Gasteiger charge is -2.38. The minimum atomic E-state index is 0.253. The van der Waals surface area contributed by atoms with E-state index in [-0.39, 0.29) is 11.8 Å². The third kappa shape index (κ3) is 5.56. The summed E-state index contributed by atoms with van der Waals surface area (Å²) < 4.78 is 0. The molecule has 0 spiro atoms. The van der Waals surface area contributed by atoms with Crippen LogP contribution in [0.25, 0.3) is 0 Å². The van der Waals surface area contributed by atoms with Gasteiger partial charge in [-0.3, -0.25) is 9.69 Å². The summed E-state index contributed by atoms with van der Waals surface area (Å²) in [6.07, 6.45) is 1.22. The number of rotatable bonds is 5. The van der Waals surface area contributed by atoms with E-state index >= 15 is 0 Å². The van der Waals surface area contributed by atoms with Gasteiger partial charge in [0.15, 0.2) is 0 Å². The van der Waals surface area contributed by atoms with Gasteiger partial charge in [-0.15, -0.1) is 0 Å². The second kappa shape index (κ2) is 9.24. The van der Waals surface area contributed by atoms with E-state index in [0.29, 0.717) is 24.3 Å². The molecule has 2 atom stereocenters. The summed E-state index contributed by atoms with van der Waals surface area (Å²) in [6, 6.07) is 0. The molecule has 1 aromatic heterocycles. The minimum Gasteiger partial charge on any atom is -0.347 e. The Bertz CT molecular complexity index is 664. The van der Waals surface area contributed by atoms with E-state index in [1.54, 1.807) is 0 Å². The first-order valence-corrected chi connectivity index (χ1v) is 10.9. The number of anilines is 2. The molecule has 0 aliphatic carbocycles. The first-order chi connectivity index (χ1) is 13.7. The van der Waals surface area contributed by atoms with Crippen molar-refractivity contribution in [1.82, 2.24) is 24.8 Å². The highest BCUT2D eigenvalue weighted by atomic mass is 16.2. The van der Waals surface area contributed by atoms with Gasteiger partial charge >= 0.3 is 0 Å². The molecule has 0 N–H and O–H groups in total. The number of hydrogen-bond acceptors (Lipinski definition) is 7. The maximum absolute atomic E-state index is 12.8. The third-order valence-electron chi connectivity index (χ3n) is 5.78. The molecule has 0 radical (unpaired) electrons. The first kappa shape index (κ1) is 21.7. The van der Waals surface area contributed by atoms with Gasteiger partial charge in [0.25, 0.3) is 0 Å². The van der Waals surface area contributed by atoms with Gasteiger partial charge < -0.3 is 14.7 Å². The lowest BCUT2D eigenvalue weighted by molar-refractivity contribution is -0.135. The predicted molar refractivity (Wildman–Crippen MR) is 116 cm³/mol. The number of carbonyl (C=O) groups excluding carboxylic acids is 1. The fraction of sp³-hybridized carbons (Fsp3) is 0.810. The average Bonchev–Trinajstić information content (AvgIpc) is 2.67. The van der Waals surface area contributed by atoms with Crippen LogP contribution in [-0.2, 0) is 4.79 Å². The van der Waals surface area contributed by atoms with Crippen molar-refractivity contribution in [2.75, 3.05) is 69.7 Å². The first-order valence-electron chi connectivity index (χ1n) is 10.9. The smallest absolute Gasteiger partial charge is 0.236 e. The number of nitrogens with zero attached hydrogens (tertiary/aromatic N) is 7. The summed E-state index contributed by atoms with van der Waals surface area (Å²) in [5.41, 5.74) is 0. The van der Waals surface area contributed by atoms with E-state index in [0.717, 1.165) is 51.0 Å². The van der Waals surface area contributed by atoms with Crippen molar-refractivity contribution in [3.05, 3.63) is 5.82 Å². The number of hydrogen-bond donors (Lipinski definition) is 0. The number of likely N-dealkylation sites (tertiary alicyclic amines) is 1. The van der Waals surface area contributed by atoms with Crippen molar-refractivity contribution < 1.29 is 4.79 Å². The molecule has 1 amide bonds. The molecule has 29 heavy (non-hydrogen) atoms. The van der Waals surface area contributed by atoms with Crippen molar-refractivity contribution >= 4 is 17.8 Å². The summed E-state index contributed by atoms with van der Waals surface area (Å²) in [5.74, 6) is 4.00. The summed E-state index contributed by atoms with van der Waals surface area (Å²) in [4.78, 5) is 35.2. The highest BCUT2D eigenvalue weighted by Crippen LogP contribution is 2.22. The summed E-state index contributed by atoms with van der Waals surface area (Å²) in [5, 5.41) is 0. The normalized spacial score (nSPS) is 23.6. The van der Waals surface area contributed by atoms with Crippen LogP contribution in [0, 0.1) is 11.8 Å². The Morgan fingerprint density at radius 1 is 1.03 bits per heavy atom. The lowest BCUT2D eigenvalue weighted by Crippen LogP contribution is -2.52. The van der Waals surface area contributed by atoms with Gasteiger partial charge in [-0.25, -0.2) is 0 Å². The van der Waals surface area contributed by atoms with Crippen LogP contribution >= 0.6 is 0 Å². The summed E-state index contributed by atoms with van der Waals surface area (Å²) in [7, 11) is 3.91. The molecule has 8 nitrogen and oxygen atoms in total. The molecule has 0 aromatic carbocycles. The Morgan fingerprint density at radius 2 is 1.66 bits per heavy atom. The molecule has 0 saturated carbocycles. The van der Waals surface area contributed by atoms with Crippen LogP contribution in [-0.4, -0.2) is 90.6 Å². The molecule has 2 aliphatic heterocycles. The highest BCUT2D eigenvalue weighted by Gasteiger charge is 2.28. The second-order valence-electron chi connectivity index (χ2n) is 9.35. The maximum Gasteiger partial charge on any atom is 0.236 e. The summed E-state index contributed by atoms with van der Waals surface area (Å²) in [6.45, 7) is 14.4. The minimum absolute atomic E-state index is 0.253. The van der Waals surface area contributed by atoms with Crippen molar-refractivity contribution in [2.24, 2.45) is 11.8 Å². The zero-order valence-corrected chi connectivity index (χ0v) is 18.9. The van der Waals surface area contributed by atoms with Crippen LogP contribution in [0.5, 0.6) is 0 Å². The monoisotopic (exact) mass is 403 g/mol. The molecule has 0 bridgehead atoms. The van der Waals surface area contributed by atoms with Crippen molar-refractivity contribution in [1.29, 1.82) is 0 Å². The Labute approximate surface area is 175 Å². The Hall–Kier alpha value is -1.96. The number of aromatic nitrogens is 3. The van der Waals surface area contributed by atoms with Crippen molar-refractivity contribution in [3.8, 4) is 0 Å². The van der Waals surface area contributed by atoms with Crippen molar-refractivity contribution in [3.63, 3.8) is 0 Å². The van der Waals surface area contributed by atoms with Gasteiger partial charge in [0.05, 0.1) is 6.54 Å². The molecule has 3 rings (SSSR count). The van der Waals surface area contributed by atoms with Gasteiger partial charge in [-0.2, -0.15) is 15.0 Å². The van der Waals surface area contributed by atoms with Gasteiger partial charge in [-0.1, -0.05) is 27.7 Å². The van der Waals surface area contributed by atoms with Crippen LogP contribution in [0.3, 0.4) is 0 Å². The highest BCUT2D eigenvalue weighted by molar-refractivity contribution is 5.78. The molecule has 162 valence electrons. The van der Waals surface area contributed by atoms with Crippen LogP contribution < -0.4 is 9.80 Å². The standard InChI is InChI=1S/C21H37N7O/c1-15(2)19-22-20(25(5)6)24-21(23-19)27-9-7-26(8-10-27)14-18(29)28-12-16(3)11-17(4)13-28/h15-17H,7-14H2,1-6H3. The number of piperazine rings is 1. The topological polar surface area (TPSA) is 68.7 Å². The average molecular weight is 404 g/mol. The zero-order valence-electron chi connectivity index (χ0n) is 18.9. The van der Waals surface area contributed by atoms with E-state index in [1.807, 2.05) is 19.0 Å². The van der Waals surface area contributed by atoms with E-state index < -0.39 is 0 Å². The van der Waals surface area contributed by atoms with Gasteiger partial charge in [-0.05, 0) is 18.3 Å². The van der Waals surface area contributed by atoms with Crippen LogP contribution in [0.1, 0.15) is 45.9 Å². The summed E-state index contributed by atoms with van der Waals surface area (Å²) >= 11 is 0. The van der Waals surface area contributed by atoms with Gasteiger partial charge in [0.1, 0.15) is 5.82 Å². The van der Waals surface area contributed by atoms with Crippen LogP contribution in [0.4, 0.5) is 11.9 Å². The molecule has 1 aromatic rings. The SMILES string of the molecule is CC1CC(C)CN(C(=O)CN2CCN(c3nc(C(C)C)nc(N(C)C)n3)CC2)C1. The van der Waals surface area contributed by atoms with Crippen LogP contribution in [0.15, 0.2) is 0 Å². The van der Waals surface area contributed by atoms with Gasteiger partial charge in [0, 0.05) is 59.3 Å². The largest absolute Gasteiger partial charge is 0.347 e. The zero-order chi connectivity index (χ0) is 21.1. The fourth-order valence-electron chi connectivity index (χ4n) is 4.23. The van der Waals surface area contributed by atoms with E-state index in [1.165, 1.54) is 6.42 Å². The number of carbonyl (C=O) groups is 1. The van der Waals surface area contributed by atoms with Gasteiger partial charge in [0.2, 0.25) is 17.8 Å². The number of amides is 1. The van der Waals surface area contributed by atoms with Crippen molar-refractivity contribution in [2.45, 2.75) is 40.0 Å². The van der Waals surface area contributed by atoms with E-state index in [9.17, 15) is 4.79 Å². The molecule has 8 heteroatoms. The lowest BCUT2D eigenvalue weighted by atomic mass is 9.92. The van der Waals surface area contributed by atoms with E-state index in [2.05, 4.69) is 52.4 Å². The molecule has 2 unspecified atom stereocenters. The Balaban J connectivity index is 1.58. The Kier molecular flexibility index (Phi) is 6.93. The van der Waals surface area contributed by atoms with Crippen LogP contribution in [0.2, 0.25) is 0 Å².